The number of hydrogen-bond acceptors (Lipinski definition) is 3. The van der Waals surface area contributed by atoms with Gasteiger partial charge in [-0.3, -0.25) is 0 Å². The van der Waals surface area contributed by atoms with E-state index in [4.69, 9.17) is 14.6 Å². The molecule has 0 aliphatic carbocycles. The highest BCUT2D eigenvalue weighted by atomic mass is 16.7. The fourth-order valence-electron chi connectivity index (χ4n) is 3.77. The van der Waals surface area contributed by atoms with Gasteiger partial charge in [0.15, 0.2) is 11.5 Å². The summed E-state index contributed by atoms with van der Waals surface area (Å²) in [5, 5.41) is 8.43. The Balaban J connectivity index is 1.77. The lowest BCUT2D eigenvalue weighted by Gasteiger charge is -2.10. The maximum Gasteiger partial charge on any atom is 0.231 e. The van der Waals surface area contributed by atoms with Gasteiger partial charge in [0.05, 0.1) is 16.7 Å². The van der Waals surface area contributed by atoms with Crippen LogP contribution < -0.4 is 9.47 Å². The summed E-state index contributed by atoms with van der Waals surface area (Å²) >= 11 is 0. The molecule has 3 heterocycles. The number of aromatic nitrogens is 2. The molecule has 4 nitrogen and oxygen atoms in total. The average molecular weight is 338 g/mol. The van der Waals surface area contributed by atoms with Gasteiger partial charge in [-0.05, 0) is 35.7 Å². The fraction of sp³-hybridized carbons (Fsp3) is 0.0455. The molecule has 4 heteroatoms. The first-order valence-corrected chi connectivity index (χ1v) is 8.58. The molecular weight excluding hydrogens is 324 g/mol. The van der Waals surface area contributed by atoms with Crippen LogP contribution in [0.4, 0.5) is 0 Å². The van der Waals surface area contributed by atoms with Gasteiger partial charge in [0, 0.05) is 16.3 Å². The molecule has 26 heavy (non-hydrogen) atoms. The molecule has 5 aromatic rings. The molecule has 124 valence electrons. The fourth-order valence-corrected chi connectivity index (χ4v) is 3.77. The lowest BCUT2D eigenvalue weighted by molar-refractivity contribution is 0.174. The van der Waals surface area contributed by atoms with Gasteiger partial charge in [0.1, 0.15) is 0 Å². The lowest BCUT2D eigenvalue weighted by Crippen LogP contribution is -1.95. The van der Waals surface area contributed by atoms with E-state index in [1.54, 1.807) is 0 Å². The number of nitrogens with zero attached hydrogens (tertiary/aromatic N) is 2. The molecule has 3 aromatic carbocycles. The first kappa shape index (κ1) is 13.7. The minimum absolute atomic E-state index is 0.275. The van der Waals surface area contributed by atoms with Crippen LogP contribution >= 0.6 is 0 Å². The Morgan fingerprint density at radius 1 is 0.769 bits per heavy atom. The predicted molar refractivity (Wildman–Crippen MR) is 102 cm³/mol. The Hall–Kier alpha value is -3.53. The summed E-state index contributed by atoms with van der Waals surface area (Å²) in [6.07, 6.45) is 0. The number of fused-ring (bicyclic) bond motifs is 6. The number of rotatable bonds is 1. The van der Waals surface area contributed by atoms with Crippen molar-refractivity contribution in [3.8, 4) is 22.8 Å². The molecule has 1 aliphatic rings. The van der Waals surface area contributed by atoms with Crippen LogP contribution in [0.1, 0.15) is 0 Å². The second-order valence-corrected chi connectivity index (χ2v) is 6.46. The van der Waals surface area contributed by atoms with E-state index in [1.165, 1.54) is 10.8 Å². The van der Waals surface area contributed by atoms with Gasteiger partial charge >= 0.3 is 0 Å². The minimum Gasteiger partial charge on any atom is -0.454 e. The van der Waals surface area contributed by atoms with Crippen LogP contribution in [0.2, 0.25) is 0 Å². The molecule has 0 saturated carbocycles. The van der Waals surface area contributed by atoms with Crippen LogP contribution in [-0.2, 0) is 0 Å². The number of hydrogen-bond donors (Lipinski definition) is 0. The molecule has 1 aliphatic heterocycles. The van der Waals surface area contributed by atoms with Gasteiger partial charge in [-0.25, -0.2) is 4.52 Å². The zero-order valence-electron chi connectivity index (χ0n) is 13.8. The highest BCUT2D eigenvalue weighted by Crippen LogP contribution is 2.38. The zero-order valence-corrected chi connectivity index (χ0v) is 13.8. The van der Waals surface area contributed by atoms with Gasteiger partial charge in [-0.2, -0.15) is 5.10 Å². The minimum atomic E-state index is 0.275. The van der Waals surface area contributed by atoms with Crippen molar-refractivity contribution in [2.24, 2.45) is 0 Å². The van der Waals surface area contributed by atoms with Gasteiger partial charge in [-0.1, -0.05) is 42.5 Å². The molecule has 6 rings (SSSR count). The Morgan fingerprint density at radius 2 is 1.58 bits per heavy atom. The summed E-state index contributed by atoms with van der Waals surface area (Å²) in [7, 11) is 0. The monoisotopic (exact) mass is 338 g/mol. The molecule has 0 unspecified atom stereocenters. The largest absolute Gasteiger partial charge is 0.454 e. The summed E-state index contributed by atoms with van der Waals surface area (Å²) in [5.74, 6) is 1.57. The third kappa shape index (κ3) is 1.81. The van der Waals surface area contributed by atoms with Crippen LogP contribution in [0.25, 0.3) is 38.4 Å². The standard InChI is InChI=1S/C22H14N2O2/c1-2-6-16-14(5-1)11-19(15-9-10-20-21(12-15)26-13-25-20)24-22(16)17-7-3-4-8-18(17)23-24/h1-12H,13H2. The smallest absolute Gasteiger partial charge is 0.231 e. The molecule has 0 saturated heterocycles. The van der Waals surface area contributed by atoms with Crippen molar-refractivity contribution in [3.05, 3.63) is 72.8 Å². The highest BCUT2D eigenvalue weighted by molar-refractivity contribution is 6.10. The van der Waals surface area contributed by atoms with E-state index in [0.29, 0.717) is 0 Å². The van der Waals surface area contributed by atoms with Gasteiger partial charge in [-0.15, -0.1) is 0 Å². The summed E-state index contributed by atoms with van der Waals surface area (Å²) < 4.78 is 13.1. The second kappa shape index (κ2) is 4.99. The zero-order chi connectivity index (χ0) is 17.1. The molecule has 0 atom stereocenters. The number of pyridine rings is 1. The van der Waals surface area contributed by atoms with E-state index in [-0.39, 0.29) is 6.79 Å². The predicted octanol–water partition coefficient (Wildman–Crippen LogP) is 5.04. The van der Waals surface area contributed by atoms with Crippen molar-refractivity contribution >= 4 is 27.2 Å². The first-order valence-electron chi connectivity index (χ1n) is 8.58. The maximum absolute atomic E-state index is 5.57. The van der Waals surface area contributed by atoms with Crippen molar-refractivity contribution < 1.29 is 9.47 Å². The van der Waals surface area contributed by atoms with E-state index in [2.05, 4.69) is 54.6 Å². The van der Waals surface area contributed by atoms with Crippen molar-refractivity contribution in [3.63, 3.8) is 0 Å². The van der Waals surface area contributed by atoms with Crippen molar-refractivity contribution in [1.82, 2.24) is 9.61 Å². The van der Waals surface area contributed by atoms with E-state index >= 15 is 0 Å². The van der Waals surface area contributed by atoms with Crippen molar-refractivity contribution in [1.29, 1.82) is 0 Å². The SMILES string of the molecule is c1ccc2c(c1)cc(-c1ccc3c(c1)OCO3)n1nc3ccccc3c21. The second-order valence-electron chi connectivity index (χ2n) is 6.46. The Labute approximate surface area is 149 Å². The van der Waals surface area contributed by atoms with E-state index in [9.17, 15) is 0 Å². The normalized spacial score (nSPS) is 13.1. The van der Waals surface area contributed by atoms with Crippen LogP contribution in [0.3, 0.4) is 0 Å². The topological polar surface area (TPSA) is 35.8 Å². The molecule has 2 aromatic heterocycles. The van der Waals surface area contributed by atoms with Crippen molar-refractivity contribution in [2.75, 3.05) is 6.79 Å². The first-order chi connectivity index (χ1) is 12.9. The van der Waals surface area contributed by atoms with E-state index in [1.807, 2.05) is 22.7 Å². The average Bonchev–Trinajstić information content (AvgIpc) is 3.31. The summed E-state index contributed by atoms with van der Waals surface area (Å²) in [6, 6.07) is 25.0. The van der Waals surface area contributed by atoms with Gasteiger partial charge in [0.2, 0.25) is 6.79 Å². The van der Waals surface area contributed by atoms with Crippen LogP contribution in [0.5, 0.6) is 11.5 Å². The van der Waals surface area contributed by atoms with Gasteiger partial charge in [0.25, 0.3) is 0 Å². The Kier molecular flexibility index (Phi) is 2.63. The molecule has 0 amide bonds. The van der Waals surface area contributed by atoms with Crippen LogP contribution in [0.15, 0.2) is 72.8 Å². The maximum atomic E-state index is 5.57. The van der Waals surface area contributed by atoms with Crippen molar-refractivity contribution in [2.45, 2.75) is 0 Å². The van der Waals surface area contributed by atoms with Crippen LogP contribution in [-0.4, -0.2) is 16.4 Å². The van der Waals surface area contributed by atoms with E-state index in [0.717, 1.165) is 39.2 Å². The Bertz CT molecular complexity index is 1320. The Morgan fingerprint density at radius 3 is 2.54 bits per heavy atom. The molecule has 0 bridgehead atoms. The summed E-state index contributed by atoms with van der Waals surface area (Å²) in [5.41, 5.74) is 4.21. The lowest BCUT2D eigenvalue weighted by atomic mass is 10.0. The number of benzene rings is 3. The number of ether oxygens (including phenoxy) is 2. The third-order valence-corrected chi connectivity index (χ3v) is 4.98. The van der Waals surface area contributed by atoms with Crippen LogP contribution in [0, 0.1) is 0 Å². The molecule has 0 fully saturated rings. The third-order valence-electron chi connectivity index (χ3n) is 4.98. The molecule has 0 spiro atoms. The summed E-state index contributed by atoms with van der Waals surface area (Å²) in [4.78, 5) is 0. The quantitative estimate of drug-likeness (QED) is 0.430. The summed E-state index contributed by atoms with van der Waals surface area (Å²) in [6.45, 7) is 0.275. The molecule has 0 radical (unpaired) electrons. The van der Waals surface area contributed by atoms with E-state index < -0.39 is 0 Å². The molecular formula is C22H14N2O2. The molecule has 0 N–H and O–H groups in total. The van der Waals surface area contributed by atoms with Gasteiger partial charge < -0.3 is 9.47 Å². The highest BCUT2D eigenvalue weighted by Gasteiger charge is 2.17.